The number of aliphatic carboxylic acids is 1. The van der Waals surface area contributed by atoms with Crippen molar-refractivity contribution in [1.82, 2.24) is 0 Å². The van der Waals surface area contributed by atoms with E-state index in [4.69, 9.17) is 4.74 Å². The molecule has 0 aromatic heterocycles. The van der Waals surface area contributed by atoms with Crippen molar-refractivity contribution in [2.75, 3.05) is 11.4 Å². The van der Waals surface area contributed by atoms with Gasteiger partial charge in [-0.3, -0.25) is 4.79 Å². The van der Waals surface area contributed by atoms with E-state index in [0.29, 0.717) is 6.54 Å². The molecule has 1 aromatic carbocycles. The minimum Gasteiger partial charge on any atom is -0.550 e. The normalized spacial score (nSPS) is 36.3. The average Bonchev–Trinajstić information content (AvgIpc) is 3.07. The van der Waals surface area contributed by atoms with Crippen LogP contribution in [0.15, 0.2) is 36.4 Å². The van der Waals surface area contributed by atoms with E-state index in [9.17, 15) is 14.7 Å². The van der Waals surface area contributed by atoms with Crippen LogP contribution < -0.4 is 10.0 Å². The summed E-state index contributed by atoms with van der Waals surface area (Å²) in [5, 5.41) is 11.4. The fraction of sp³-hybridized carbons (Fsp3) is 0.375. The van der Waals surface area contributed by atoms with Crippen LogP contribution in [0.2, 0.25) is 0 Å². The number of hydrogen-bond acceptors (Lipinski definition) is 4. The number of benzene rings is 1. The zero-order valence-corrected chi connectivity index (χ0v) is 11.5. The summed E-state index contributed by atoms with van der Waals surface area (Å²) in [6, 6.07) is 7.61. The summed E-state index contributed by atoms with van der Waals surface area (Å²) in [7, 11) is 0. The molecule has 4 atom stereocenters. The van der Waals surface area contributed by atoms with Gasteiger partial charge in [-0.05, 0) is 24.6 Å². The molecule has 5 nitrogen and oxygen atoms in total. The molecule has 5 heteroatoms. The number of fused-ring (bicyclic) bond motifs is 1. The Morgan fingerprint density at radius 2 is 2.29 bits per heavy atom. The number of anilines is 1. The quantitative estimate of drug-likeness (QED) is 0.719. The Balaban J connectivity index is 1.75. The lowest BCUT2D eigenvalue weighted by Crippen LogP contribution is -2.45. The Kier molecular flexibility index (Phi) is 2.37. The second kappa shape index (κ2) is 3.95. The number of nitrogens with zero attached hydrogens (tertiary/aromatic N) is 1. The lowest BCUT2D eigenvalue weighted by atomic mass is 9.77. The largest absolute Gasteiger partial charge is 0.550 e. The van der Waals surface area contributed by atoms with Crippen molar-refractivity contribution in [2.24, 2.45) is 11.8 Å². The van der Waals surface area contributed by atoms with E-state index in [2.05, 4.69) is 0 Å². The predicted molar refractivity (Wildman–Crippen MR) is 72.3 cm³/mol. The highest BCUT2D eigenvalue weighted by molar-refractivity contribution is 6.02. The summed E-state index contributed by atoms with van der Waals surface area (Å²) in [4.78, 5) is 25.7. The van der Waals surface area contributed by atoms with Gasteiger partial charge in [-0.2, -0.15) is 0 Å². The SMILES string of the molecule is Cc1cccc(N2C[C@]34C=C[C@@H](O3)[C@H](C(=O)[O-])[C@@H]4C2=O)c1. The smallest absolute Gasteiger partial charge is 0.234 e. The highest BCUT2D eigenvalue weighted by atomic mass is 16.5. The molecule has 3 aliphatic rings. The van der Waals surface area contributed by atoms with Crippen molar-refractivity contribution in [1.29, 1.82) is 0 Å². The van der Waals surface area contributed by atoms with Crippen LogP contribution in [0, 0.1) is 18.8 Å². The van der Waals surface area contributed by atoms with Crippen LogP contribution in [0.1, 0.15) is 5.56 Å². The van der Waals surface area contributed by atoms with Gasteiger partial charge in [-0.25, -0.2) is 0 Å². The van der Waals surface area contributed by atoms with Crippen molar-refractivity contribution < 1.29 is 19.4 Å². The number of amides is 1. The second-order valence-electron chi connectivity index (χ2n) is 5.98. The molecule has 1 aromatic rings. The van der Waals surface area contributed by atoms with Crippen LogP contribution in [-0.2, 0) is 14.3 Å². The fourth-order valence-electron chi connectivity index (χ4n) is 3.78. The molecule has 0 radical (unpaired) electrons. The summed E-state index contributed by atoms with van der Waals surface area (Å²) in [5.41, 5.74) is 1.02. The van der Waals surface area contributed by atoms with Gasteiger partial charge in [0.25, 0.3) is 0 Å². The molecule has 4 rings (SSSR count). The summed E-state index contributed by atoms with van der Waals surface area (Å²) >= 11 is 0. The van der Waals surface area contributed by atoms with Crippen molar-refractivity contribution in [2.45, 2.75) is 18.6 Å². The lowest BCUT2D eigenvalue weighted by Gasteiger charge is -2.24. The first-order valence-corrected chi connectivity index (χ1v) is 6.98. The van der Waals surface area contributed by atoms with E-state index in [0.717, 1.165) is 11.3 Å². The van der Waals surface area contributed by atoms with Gasteiger partial charge in [0.1, 0.15) is 5.60 Å². The minimum atomic E-state index is -1.21. The van der Waals surface area contributed by atoms with Gasteiger partial charge in [-0.15, -0.1) is 0 Å². The third-order valence-corrected chi connectivity index (χ3v) is 4.69. The van der Waals surface area contributed by atoms with Crippen molar-refractivity contribution in [3.8, 4) is 0 Å². The van der Waals surface area contributed by atoms with Gasteiger partial charge in [0.05, 0.1) is 18.6 Å². The Labute approximate surface area is 121 Å². The third-order valence-electron chi connectivity index (χ3n) is 4.69. The molecular weight excluding hydrogens is 270 g/mol. The molecule has 0 N–H and O–H groups in total. The molecule has 2 fully saturated rings. The molecule has 0 saturated carbocycles. The van der Waals surface area contributed by atoms with E-state index in [1.807, 2.05) is 37.3 Å². The van der Waals surface area contributed by atoms with Gasteiger partial charge in [0, 0.05) is 17.6 Å². The standard InChI is InChI=1S/C16H15NO4/c1-9-3-2-4-10(7-9)17-8-16-6-5-11(21-16)12(15(19)20)13(16)14(17)18/h2-7,11-13H,8H2,1H3,(H,19,20)/p-1/t11-,12+,13-,16+/m1/s1. The monoisotopic (exact) mass is 284 g/mol. The first-order valence-electron chi connectivity index (χ1n) is 6.98. The van der Waals surface area contributed by atoms with Crippen LogP contribution in [0.5, 0.6) is 0 Å². The molecule has 0 aliphatic carbocycles. The zero-order chi connectivity index (χ0) is 14.8. The summed E-state index contributed by atoms with van der Waals surface area (Å²) < 4.78 is 5.82. The molecule has 108 valence electrons. The first kappa shape index (κ1) is 12.6. The van der Waals surface area contributed by atoms with Crippen LogP contribution in [0.3, 0.4) is 0 Å². The maximum absolute atomic E-state index is 12.7. The lowest BCUT2D eigenvalue weighted by molar-refractivity contribution is -0.313. The van der Waals surface area contributed by atoms with Crippen LogP contribution in [0.4, 0.5) is 5.69 Å². The number of hydrogen-bond donors (Lipinski definition) is 0. The summed E-state index contributed by atoms with van der Waals surface area (Å²) in [6.07, 6.45) is 3.04. The highest BCUT2D eigenvalue weighted by Crippen LogP contribution is 2.52. The number of carbonyl (C=O) groups excluding carboxylic acids is 2. The average molecular weight is 284 g/mol. The van der Waals surface area contributed by atoms with Gasteiger partial charge in [0.2, 0.25) is 5.91 Å². The number of carboxylic acids is 1. The maximum atomic E-state index is 12.7. The van der Waals surface area contributed by atoms with Gasteiger partial charge < -0.3 is 19.5 Å². The number of carboxylic acid groups (broad SMARTS) is 1. The molecule has 1 amide bonds. The van der Waals surface area contributed by atoms with Crippen molar-refractivity contribution in [3.05, 3.63) is 42.0 Å². The van der Waals surface area contributed by atoms with Crippen LogP contribution >= 0.6 is 0 Å². The number of aryl methyl sites for hydroxylation is 1. The number of rotatable bonds is 2. The molecule has 1 spiro atoms. The van der Waals surface area contributed by atoms with Crippen molar-refractivity contribution >= 4 is 17.6 Å². The van der Waals surface area contributed by atoms with E-state index in [1.165, 1.54) is 0 Å². The molecule has 0 unspecified atom stereocenters. The molecule has 3 heterocycles. The van der Waals surface area contributed by atoms with Gasteiger partial charge >= 0.3 is 0 Å². The second-order valence-corrected chi connectivity index (χ2v) is 5.98. The Hall–Kier alpha value is -2.14. The number of ether oxygens (including phenoxy) is 1. The molecule has 2 bridgehead atoms. The van der Waals surface area contributed by atoms with E-state index < -0.39 is 29.5 Å². The molecule has 21 heavy (non-hydrogen) atoms. The van der Waals surface area contributed by atoms with Gasteiger partial charge in [0.15, 0.2) is 0 Å². The predicted octanol–water partition coefficient (Wildman–Crippen LogP) is 0.0313. The Bertz CT molecular complexity index is 683. The highest BCUT2D eigenvalue weighted by Gasteiger charge is 2.65. The minimum absolute atomic E-state index is 0.193. The Morgan fingerprint density at radius 1 is 1.48 bits per heavy atom. The topological polar surface area (TPSA) is 69.7 Å². The zero-order valence-electron chi connectivity index (χ0n) is 11.5. The van der Waals surface area contributed by atoms with Crippen LogP contribution in [0.25, 0.3) is 0 Å². The van der Waals surface area contributed by atoms with Gasteiger partial charge in [-0.1, -0.05) is 24.3 Å². The van der Waals surface area contributed by atoms with Crippen molar-refractivity contribution in [3.63, 3.8) is 0 Å². The maximum Gasteiger partial charge on any atom is 0.234 e. The van der Waals surface area contributed by atoms with E-state index in [1.54, 1.807) is 11.0 Å². The Morgan fingerprint density at radius 3 is 3.00 bits per heavy atom. The summed E-state index contributed by atoms with van der Waals surface area (Å²) in [5.74, 6) is -2.98. The molecular formula is C16H14NO4-. The van der Waals surface area contributed by atoms with Crippen LogP contribution in [-0.4, -0.2) is 30.1 Å². The summed E-state index contributed by atoms with van der Waals surface area (Å²) in [6.45, 7) is 2.31. The van der Waals surface area contributed by atoms with E-state index >= 15 is 0 Å². The fourth-order valence-corrected chi connectivity index (χ4v) is 3.78. The van der Waals surface area contributed by atoms with E-state index in [-0.39, 0.29) is 5.91 Å². The number of carbonyl (C=O) groups is 2. The first-order chi connectivity index (χ1) is 10.0. The molecule has 3 aliphatic heterocycles. The molecule has 2 saturated heterocycles. The third kappa shape index (κ3) is 1.55.